The molecule has 2 aromatic carbocycles. The molecule has 8 heteroatoms. The van der Waals surface area contributed by atoms with Crippen LogP contribution in [0.1, 0.15) is 43.8 Å². The number of hydrogen-bond donors (Lipinski definition) is 1. The Bertz CT molecular complexity index is 999. The smallest absolute Gasteiger partial charge is 0.235 e. The Labute approximate surface area is 177 Å². The predicted octanol–water partition coefficient (Wildman–Crippen LogP) is 5.32. The fourth-order valence-corrected chi connectivity index (χ4v) is 4.30. The van der Waals surface area contributed by atoms with Crippen molar-refractivity contribution < 1.29 is 13.6 Å². The third kappa shape index (κ3) is 4.70. The Morgan fingerprint density at radius 3 is 2.43 bits per heavy atom. The lowest BCUT2D eigenvalue weighted by atomic mass is 9.88. The van der Waals surface area contributed by atoms with Gasteiger partial charge >= 0.3 is 0 Å². The van der Waals surface area contributed by atoms with E-state index in [1.807, 2.05) is 35.0 Å². The molecule has 0 bridgehead atoms. The van der Waals surface area contributed by atoms with Gasteiger partial charge in [-0.25, -0.2) is 18.4 Å². The molecule has 1 aromatic heterocycles. The maximum absolute atomic E-state index is 13.7. The summed E-state index contributed by atoms with van der Waals surface area (Å²) in [6.07, 6.45) is 5.73. The molecule has 1 heterocycles. The van der Waals surface area contributed by atoms with Crippen molar-refractivity contribution in [3.05, 3.63) is 66.0 Å². The number of rotatable bonds is 6. The molecule has 0 aliphatic heterocycles. The topological polar surface area (TPSA) is 59.8 Å². The number of para-hydroxylation sites is 2. The van der Waals surface area contributed by atoms with E-state index in [9.17, 15) is 13.6 Å². The van der Waals surface area contributed by atoms with Gasteiger partial charge in [0.05, 0.1) is 11.4 Å². The van der Waals surface area contributed by atoms with Gasteiger partial charge in [0.2, 0.25) is 11.1 Å². The summed E-state index contributed by atoms with van der Waals surface area (Å²) in [5.41, 5.74) is 0.490. The molecular weight excluding hydrogens is 406 g/mol. The van der Waals surface area contributed by atoms with Gasteiger partial charge in [-0.2, -0.15) is 0 Å². The minimum absolute atomic E-state index is 0.0450. The highest BCUT2D eigenvalue weighted by atomic mass is 32.2. The first-order valence-electron chi connectivity index (χ1n) is 10.0. The van der Waals surface area contributed by atoms with Crippen molar-refractivity contribution in [2.75, 3.05) is 11.1 Å². The molecule has 0 saturated heterocycles. The highest BCUT2D eigenvalue weighted by Crippen LogP contribution is 2.33. The minimum atomic E-state index is -0.806. The third-order valence-corrected chi connectivity index (χ3v) is 5.98. The van der Waals surface area contributed by atoms with Crippen LogP contribution in [0.5, 0.6) is 0 Å². The van der Waals surface area contributed by atoms with E-state index < -0.39 is 23.2 Å². The number of benzene rings is 2. The molecule has 1 aliphatic carbocycles. The minimum Gasteiger partial charge on any atom is -0.320 e. The summed E-state index contributed by atoms with van der Waals surface area (Å²) in [6, 6.07) is 13.3. The number of carbonyl (C=O) groups is 1. The van der Waals surface area contributed by atoms with Gasteiger partial charge in [-0.15, -0.1) is 5.10 Å². The summed E-state index contributed by atoms with van der Waals surface area (Å²) in [7, 11) is 0. The Balaban J connectivity index is 1.50. The number of anilines is 1. The van der Waals surface area contributed by atoms with E-state index in [2.05, 4.69) is 10.4 Å². The van der Waals surface area contributed by atoms with Crippen LogP contribution in [0.2, 0.25) is 0 Å². The average Bonchev–Trinajstić information content (AvgIpc) is 3.21. The first kappa shape index (κ1) is 20.5. The second-order valence-electron chi connectivity index (χ2n) is 7.27. The number of aromatic nitrogens is 3. The van der Waals surface area contributed by atoms with Crippen molar-refractivity contribution in [3.8, 4) is 5.69 Å². The van der Waals surface area contributed by atoms with Crippen LogP contribution < -0.4 is 5.32 Å². The standard InChI is InChI=1S/C22H22F2N4OS/c23-17-12-7-13-18(24)20(17)25-19(29)14-30-22-26-21(15-8-3-1-4-9-15)28(27-22)16-10-5-2-6-11-16/h2,5-7,10-13,15H,1,3-4,8-9,14H2,(H,25,29). The van der Waals surface area contributed by atoms with Crippen LogP contribution in [0, 0.1) is 11.6 Å². The number of halogens is 2. The zero-order valence-corrected chi connectivity index (χ0v) is 17.2. The predicted molar refractivity (Wildman–Crippen MR) is 113 cm³/mol. The van der Waals surface area contributed by atoms with E-state index in [4.69, 9.17) is 4.98 Å². The van der Waals surface area contributed by atoms with Crippen LogP contribution in [0.15, 0.2) is 53.7 Å². The molecule has 156 valence electrons. The lowest BCUT2D eigenvalue weighted by Crippen LogP contribution is -2.16. The van der Waals surface area contributed by atoms with Crippen molar-refractivity contribution >= 4 is 23.4 Å². The molecule has 1 amide bonds. The number of carbonyl (C=O) groups excluding carboxylic acids is 1. The Kier molecular flexibility index (Phi) is 6.42. The van der Waals surface area contributed by atoms with E-state index >= 15 is 0 Å². The molecule has 1 N–H and O–H groups in total. The fraction of sp³-hybridized carbons (Fsp3) is 0.318. The van der Waals surface area contributed by atoms with E-state index in [-0.39, 0.29) is 5.75 Å². The second-order valence-corrected chi connectivity index (χ2v) is 8.21. The van der Waals surface area contributed by atoms with Crippen LogP contribution >= 0.6 is 11.8 Å². The highest BCUT2D eigenvalue weighted by molar-refractivity contribution is 7.99. The van der Waals surface area contributed by atoms with Crippen molar-refractivity contribution in [2.24, 2.45) is 0 Å². The van der Waals surface area contributed by atoms with Crippen LogP contribution in [-0.2, 0) is 4.79 Å². The van der Waals surface area contributed by atoms with Gasteiger partial charge in [0.1, 0.15) is 23.1 Å². The average molecular weight is 429 g/mol. The van der Waals surface area contributed by atoms with Crippen molar-refractivity contribution in [2.45, 2.75) is 43.2 Å². The Hall–Kier alpha value is -2.74. The molecular formula is C22H22F2N4OS. The van der Waals surface area contributed by atoms with Gasteiger partial charge in [-0.3, -0.25) is 4.79 Å². The molecule has 1 fully saturated rings. The first-order chi connectivity index (χ1) is 14.6. The van der Waals surface area contributed by atoms with Gasteiger partial charge in [0, 0.05) is 5.92 Å². The molecule has 1 aliphatic rings. The zero-order valence-electron chi connectivity index (χ0n) is 16.4. The second kappa shape index (κ2) is 9.38. The van der Waals surface area contributed by atoms with Crippen LogP contribution in [-0.4, -0.2) is 26.4 Å². The molecule has 5 nitrogen and oxygen atoms in total. The van der Waals surface area contributed by atoms with Gasteiger partial charge in [0.25, 0.3) is 0 Å². The lowest BCUT2D eigenvalue weighted by molar-refractivity contribution is -0.113. The molecule has 4 rings (SSSR count). The van der Waals surface area contributed by atoms with E-state index in [1.54, 1.807) is 0 Å². The molecule has 0 spiro atoms. The van der Waals surface area contributed by atoms with Crippen LogP contribution in [0.4, 0.5) is 14.5 Å². The van der Waals surface area contributed by atoms with Crippen molar-refractivity contribution in [1.82, 2.24) is 14.8 Å². The molecule has 30 heavy (non-hydrogen) atoms. The summed E-state index contributed by atoms with van der Waals surface area (Å²) in [5.74, 6) is -0.930. The number of nitrogens with one attached hydrogen (secondary N) is 1. The SMILES string of the molecule is O=C(CSc1nc(C2CCCCC2)n(-c2ccccc2)n1)Nc1c(F)cccc1F. The van der Waals surface area contributed by atoms with E-state index in [0.717, 1.165) is 48.2 Å². The van der Waals surface area contributed by atoms with Gasteiger partial charge in [0.15, 0.2) is 0 Å². The maximum atomic E-state index is 13.7. The fourth-order valence-electron chi connectivity index (χ4n) is 3.67. The van der Waals surface area contributed by atoms with Gasteiger partial charge in [-0.1, -0.05) is 55.3 Å². The number of amides is 1. The number of thioether (sulfide) groups is 1. The molecule has 0 atom stereocenters. The quantitative estimate of drug-likeness (QED) is 0.540. The maximum Gasteiger partial charge on any atom is 0.235 e. The normalized spacial score (nSPS) is 14.6. The van der Waals surface area contributed by atoms with Gasteiger partial charge < -0.3 is 5.32 Å². The Morgan fingerprint density at radius 2 is 1.73 bits per heavy atom. The first-order valence-corrected chi connectivity index (χ1v) is 11.0. The summed E-state index contributed by atoms with van der Waals surface area (Å²) < 4.78 is 29.3. The summed E-state index contributed by atoms with van der Waals surface area (Å²) in [4.78, 5) is 16.9. The van der Waals surface area contributed by atoms with Crippen LogP contribution in [0.3, 0.4) is 0 Å². The molecule has 1 saturated carbocycles. The Morgan fingerprint density at radius 1 is 1.03 bits per heavy atom. The lowest BCUT2D eigenvalue weighted by Gasteiger charge is -2.21. The molecule has 0 radical (unpaired) electrons. The highest BCUT2D eigenvalue weighted by Gasteiger charge is 2.24. The summed E-state index contributed by atoms with van der Waals surface area (Å²) in [6.45, 7) is 0. The number of hydrogen-bond acceptors (Lipinski definition) is 4. The van der Waals surface area contributed by atoms with E-state index in [0.29, 0.717) is 11.1 Å². The molecule has 0 unspecified atom stereocenters. The van der Waals surface area contributed by atoms with Crippen molar-refractivity contribution in [1.29, 1.82) is 0 Å². The third-order valence-electron chi connectivity index (χ3n) is 5.14. The monoisotopic (exact) mass is 428 g/mol. The van der Waals surface area contributed by atoms with Crippen molar-refractivity contribution in [3.63, 3.8) is 0 Å². The largest absolute Gasteiger partial charge is 0.320 e. The van der Waals surface area contributed by atoms with Gasteiger partial charge in [-0.05, 0) is 37.1 Å². The summed E-state index contributed by atoms with van der Waals surface area (Å²) >= 11 is 1.15. The van der Waals surface area contributed by atoms with Crippen LogP contribution in [0.25, 0.3) is 5.69 Å². The summed E-state index contributed by atoms with van der Waals surface area (Å²) in [5, 5.41) is 7.38. The zero-order chi connectivity index (χ0) is 20.9. The van der Waals surface area contributed by atoms with E-state index in [1.165, 1.54) is 25.3 Å². The molecule has 3 aromatic rings. The number of nitrogens with zero attached hydrogens (tertiary/aromatic N) is 3.